The van der Waals surface area contributed by atoms with E-state index in [0.717, 1.165) is 57.2 Å². The van der Waals surface area contributed by atoms with Crippen LogP contribution in [0.2, 0.25) is 0 Å². The van der Waals surface area contributed by atoms with Crippen molar-refractivity contribution in [2.24, 2.45) is 0 Å². The number of hydrogen-bond acceptors (Lipinski definition) is 4. The predicted molar refractivity (Wildman–Crippen MR) is 62.9 cm³/mol. The summed E-state index contributed by atoms with van der Waals surface area (Å²) in [5.74, 6) is 0.494. The third kappa shape index (κ3) is 2.97. The van der Waals surface area contributed by atoms with Crippen LogP contribution in [-0.4, -0.2) is 21.4 Å². The number of aryl methyl sites for hydroxylation is 1. The van der Waals surface area contributed by atoms with Gasteiger partial charge in [-0.25, -0.2) is 4.79 Å². The normalized spacial score (nSPS) is 19.9. The number of aliphatic hydroxyl groups excluding tert-OH is 1. The molecule has 0 saturated heterocycles. The van der Waals surface area contributed by atoms with Crippen LogP contribution in [0.15, 0.2) is 9.32 Å². The number of hydrogen-bond donors (Lipinski definition) is 1. The van der Waals surface area contributed by atoms with Crippen molar-refractivity contribution in [3.8, 4) is 0 Å². The van der Waals surface area contributed by atoms with Crippen molar-refractivity contribution >= 4 is 0 Å². The summed E-state index contributed by atoms with van der Waals surface area (Å²) in [6.07, 6.45) is 8.00. The van der Waals surface area contributed by atoms with Gasteiger partial charge >= 0.3 is 5.76 Å². The first kappa shape index (κ1) is 12.4. The molecule has 0 radical (unpaired) electrons. The van der Waals surface area contributed by atoms with Crippen molar-refractivity contribution in [3.05, 3.63) is 16.4 Å². The first-order valence-electron chi connectivity index (χ1n) is 6.51. The fourth-order valence-electron chi connectivity index (χ4n) is 2.55. The molecule has 17 heavy (non-hydrogen) atoms. The summed E-state index contributed by atoms with van der Waals surface area (Å²) in [5, 5.41) is 12.6. The largest absolute Gasteiger partial charge is 0.441 e. The van der Waals surface area contributed by atoms with Crippen molar-refractivity contribution in [1.29, 1.82) is 0 Å². The Morgan fingerprint density at radius 1 is 1.35 bits per heavy atom. The lowest BCUT2D eigenvalue weighted by Crippen LogP contribution is -2.21. The number of aromatic nitrogens is 2. The zero-order valence-electron chi connectivity index (χ0n) is 10.1. The van der Waals surface area contributed by atoms with Gasteiger partial charge < -0.3 is 5.11 Å². The highest BCUT2D eigenvalue weighted by atomic mass is 16.5. The number of unbranched alkanes of at least 4 members (excludes halogenated alkanes) is 2. The summed E-state index contributed by atoms with van der Waals surface area (Å²) in [5.41, 5.74) is 0. The van der Waals surface area contributed by atoms with E-state index in [1.54, 1.807) is 4.57 Å². The van der Waals surface area contributed by atoms with Gasteiger partial charge in [-0.2, -0.15) is 0 Å². The molecular weight excluding hydrogens is 220 g/mol. The summed E-state index contributed by atoms with van der Waals surface area (Å²) in [6.45, 7) is 0.253. The zero-order valence-corrected chi connectivity index (χ0v) is 10.1. The Bertz CT molecular complexity index is 397. The molecule has 2 rings (SSSR count). The van der Waals surface area contributed by atoms with Crippen LogP contribution in [0, 0.1) is 0 Å². The lowest BCUT2D eigenvalue weighted by molar-refractivity contribution is 0.278. The standard InChI is InChI=1S/C12H20N2O3/c15-9-5-1-2-6-10-7-3-4-8-11-13-17-12(16)14(10)11/h10,15H,1-9H2. The lowest BCUT2D eigenvalue weighted by Gasteiger charge is -2.15. The van der Waals surface area contributed by atoms with E-state index in [2.05, 4.69) is 5.16 Å². The zero-order chi connectivity index (χ0) is 12.1. The number of rotatable bonds is 5. The van der Waals surface area contributed by atoms with Crippen LogP contribution in [0.3, 0.4) is 0 Å². The Morgan fingerprint density at radius 3 is 3.06 bits per heavy atom. The van der Waals surface area contributed by atoms with Crippen LogP contribution >= 0.6 is 0 Å². The molecule has 0 aliphatic carbocycles. The molecule has 0 saturated carbocycles. The predicted octanol–water partition coefficient (Wildman–Crippen LogP) is 1.66. The smallest absolute Gasteiger partial charge is 0.396 e. The second-order valence-electron chi connectivity index (χ2n) is 4.71. The molecule has 1 N–H and O–H groups in total. The van der Waals surface area contributed by atoms with Crippen molar-refractivity contribution in [1.82, 2.24) is 9.72 Å². The van der Waals surface area contributed by atoms with Crippen LogP contribution < -0.4 is 5.76 Å². The van der Waals surface area contributed by atoms with Gasteiger partial charge in [0.1, 0.15) is 0 Å². The fraction of sp³-hybridized carbons (Fsp3) is 0.833. The van der Waals surface area contributed by atoms with Gasteiger partial charge in [-0.05, 0) is 25.7 Å². The van der Waals surface area contributed by atoms with Crippen molar-refractivity contribution in [2.75, 3.05) is 6.61 Å². The molecule has 1 unspecified atom stereocenters. The molecule has 0 amide bonds. The summed E-state index contributed by atoms with van der Waals surface area (Å²) in [4.78, 5) is 11.6. The summed E-state index contributed by atoms with van der Waals surface area (Å²) in [6, 6.07) is 0.241. The first-order valence-corrected chi connectivity index (χ1v) is 6.51. The molecule has 5 heteroatoms. The van der Waals surface area contributed by atoms with Gasteiger partial charge in [0.05, 0.1) is 0 Å². The van der Waals surface area contributed by atoms with Crippen LogP contribution in [0.4, 0.5) is 0 Å². The van der Waals surface area contributed by atoms with Gasteiger partial charge in [0.25, 0.3) is 0 Å². The number of fused-ring (bicyclic) bond motifs is 1. The Balaban J connectivity index is 2.01. The fourth-order valence-corrected chi connectivity index (χ4v) is 2.55. The lowest BCUT2D eigenvalue weighted by atomic mass is 10.0. The van der Waals surface area contributed by atoms with E-state index in [1.807, 2.05) is 0 Å². The van der Waals surface area contributed by atoms with Gasteiger partial charge in [-0.15, -0.1) is 0 Å². The van der Waals surface area contributed by atoms with Gasteiger partial charge in [0, 0.05) is 19.1 Å². The molecule has 0 aromatic carbocycles. The highest BCUT2D eigenvalue weighted by Crippen LogP contribution is 2.25. The third-order valence-corrected chi connectivity index (χ3v) is 3.45. The topological polar surface area (TPSA) is 68.3 Å². The van der Waals surface area contributed by atoms with Crippen LogP contribution in [0.5, 0.6) is 0 Å². The quantitative estimate of drug-likeness (QED) is 0.795. The third-order valence-electron chi connectivity index (χ3n) is 3.45. The molecule has 1 aromatic heterocycles. The molecule has 1 aliphatic heterocycles. The average molecular weight is 240 g/mol. The van der Waals surface area contributed by atoms with Gasteiger partial charge in [0.2, 0.25) is 0 Å². The van der Waals surface area contributed by atoms with Crippen LogP contribution in [0.25, 0.3) is 0 Å². The highest BCUT2D eigenvalue weighted by Gasteiger charge is 2.22. The molecule has 0 spiro atoms. The van der Waals surface area contributed by atoms with E-state index in [0.29, 0.717) is 0 Å². The number of aliphatic hydroxyl groups is 1. The molecular formula is C12H20N2O3. The molecule has 1 aliphatic rings. The van der Waals surface area contributed by atoms with Gasteiger partial charge in [0.15, 0.2) is 5.82 Å². The van der Waals surface area contributed by atoms with E-state index < -0.39 is 0 Å². The van der Waals surface area contributed by atoms with E-state index >= 15 is 0 Å². The van der Waals surface area contributed by atoms with Gasteiger partial charge in [-0.3, -0.25) is 9.09 Å². The minimum absolute atomic E-state index is 0.241. The maximum absolute atomic E-state index is 11.6. The monoisotopic (exact) mass is 240 g/mol. The average Bonchev–Trinajstić information content (AvgIpc) is 2.59. The van der Waals surface area contributed by atoms with Crippen molar-refractivity contribution in [3.63, 3.8) is 0 Å². The van der Waals surface area contributed by atoms with E-state index in [-0.39, 0.29) is 18.4 Å². The van der Waals surface area contributed by atoms with Gasteiger partial charge in [-0.1, -0.05) is 24.4 Å². The SMILES string of the molecule is O=c1onc2n1C(CCCCCO)CCCC2. The molecule has 1 aromatic rings. The summed E-state index contributed by atoms with van der Waals surface area (Å²) < 4.78 is 6.49. The maximum Gasteiger partial charge on any atom is 0.441 e. The Hall–Kier alpha value is -1.10. The molecule has 5 nitrogen and oxygen atoms in total. The molecule has 0 bridgehead atoms. The first-order chi connectivity index (χ1) is 8.33. The Kier molecular flexibility index (Phi) is 4.36. The van der Waals surface area contributed by atoms with Crippen LogP contribution in [0.1, 0.15) is 56.8 Å². The Morgan fingerprint density at radius 2 is 2.24 bits per heavy atom. The number of nitrogens with zero attached hydrogens (tertiary/aromatic N) is 2. The van der Waals surface area contributed by atoms with E-state index in [1.165, 1.54) is 0 Å². The molecule has 2 heterocycles. The second kappa shape index (κ2) is 6.00. The Labute approximate surface area is 100 Å². The van der Waals surface area contributed by atoms with Crippen molar-refractivity contribution in [2.45, 2.75) is 57.4 Å². The minimum Gasteiger partial charge on any atom is -0.396 e. The summed E-state index contributed by atoms with van der Waals surface area (Å²) >= 11 is 0. The second-order valence-corrected chi connectivity index (χ2v) is 4.71. The minimum atomic E-state index is -0.311. The van der Waals surface area contributed by atoms with E-state index in [9.17, 15) is 4.79 Å². The maximum atomic E-state index is 11.6. The summed E-state index contributed by atoms with van der Waals surface area (Å²) in [7, 11) is 0. The van der Waals surface area contributed by atoms with Crippen LogP contribution in [-0.2, 0) is 6.42 Å². The molecule has 96 valence electrons. The highest BCUT2D eigenvalue weighted by molar-refractivity contribution is 4.91. The van der Waals surface area contributed by atoms with E-state index in [4.69, 9.17) is 9.63 Å². The molecule has 0 fully saturated rings. The van der Waals surface area contributed by atoms with Crippen molar-refractivity contribution < 1.29 is 9.63 Å². The molecule has 1 atom stereocenters.